The molecule has 0 N–H and O–H groups in total. The van der Waals surface area contributed by atoms with E-state index in [-0.39, 0.29) is 12.1 Å². The molecule has 0 fully saturated rings. The monoisotopic (exact) mass is 216 g/mol. The van der Waals surface area contributed by atoms with Crippen LogP contribution in [0.4, 0.5) is 0 Å². The highest BCUT2D eigenvalue weighted by atomic mass is 28.4. The van der Waals surface area contributed by atoms with Crippen molar-refractivity contribution in [2.75, 3.05) is 6.23 Å². The van der Waals surface area contributed by atoms with Gasteiger partial charge in [-0.15, -0.1) is 0 Å². The molecule has 0 spiro atoms. The van der Waals surface area contributed by atoms with Crippen LogP contribution in [0.15, 0.2) is 12.7 Å². The molecule has 0 aliphatic carbocycles. The lowest BCUT2D eigenvalue weighted by Gasteiger charge is -2.25. The second-order valence-corrected chi connectivity index (χ2v) is 7.95. The minimum atomic E-state index is -1.86. The van der Waals surface area contributed by atoms with Gasteiger partial charge in [0, 0.05) is 12.2 Å². The average molecular weight is 216 g/mol. The molecule has 0 aliphatic rings. The summed E-state index contributed by atoms with van der Waals surface area (Å²) in [5.74, 6) is -0.377. The Hall–Kier alpha value is -0.613. The Labute approximate surface area is 87.2 Å². The summed E-state index contributed by atoms with van der Waals surface area (Å²) in [5.41, 5.74) is 0. The molecule has 0 amide bonds. The fraction of sp³-hybridized carbons (Fsp3) is 0.700. The van der Waals surface area contributed by atoms with Gasteiger partial charge in [-0.05, 0) is 26.4 Å². The van der Waals surface area contributed by atoms with E-state index in [1.807, 2.05) is 20.0 Å². The molecular formula is C10H20O3Si. The summed E-state index contributed by atoms with van der Waals surface area (Å²) in [5, 5.41) is 0. The zero-order valence-electron chi connectivity index (χ0n) is 9.50. The van der Waals surface area contributed by atoms with Crippen LogP contribution in [0.5, 0.6) is 0 Å². The molecule has 1 unspecified atom stereocenters. The Bertz CT molecular complexity index is 202. The maximum atomic E-state index is 10.8. The van der Waals surface area contributed by atoms with E-state index in [1.54, 1.807) is 0 Å². The van der Waals surface area contributed by atoms with E-state index < -0.39 is 8.32 Å². The third-order valence-corrected chi connectivity index (χ3v) is 3.70. The minimum absolute atomic E-state index is 0.235. The Morgan fingerprint density at radius 2 is 2.14 bits per heavy atom. The van der Waals surface area contributed by atoms with Crippen molar-refractivity contribution in [3.63, 3.8) is 0 Å². The van der Waals surface area contributed by atoms with E-state index in [0.717, 1.165) is 6.42 Å². The number of ether oxygens (including phenoxy) is 1. The van der Waals surface area contributed by atoms with Crippen molar-refractivity contribution in [1.82, 2.24) is 0 Å². The zero-order chi connectivity index (χ0) is 11.2. The van der Waals surface area contributed by atoms with E-state index in [0.29, 0.717) is 6.23 Å². The maximum absolute atomic E-state index is 10.8. The molecule has 0 aromatic carbocycles. The second kappa shape index (κ2) is 5.98. The molecule has 0 heterocycles. The number of hydrogen-bond donors (Lipinski definition) is 0. The van der Waals surface area contributed by atoms with Crippen LogP contribution in [0.3, 0.4) is 0 Å². The first-order valence-corrected chi connectivity index (χ1v) is 8.00. The number of carbonyl (C=O) groups is 1. The van der Waals surface area contributed by atoms with E-state index in [2.05, 4.69) is 13.5 Å². The fourth-order valence-electron chi connectivity index (χ4n) is 0.966. The van der Waals surface area contributed by atoms with Gasteiger partial charge in [0.1, 0.15) is 6.23 Å². The summed E-state index contributed by atoms with van der Waals surface area (Å²) < 4.78 is 10.8. The van der Waals surface area contributed by atoms with Crippen LogP contribution in [-0.2, 0) is 14.0 Å². The third-order valence-electron chi connectivity index (χ3n) is 1.82. The Balaban J connectivity index is 3.94. The van der Waals surface area contributed by atoms with Crippen LogP contribution < -0.4 is 0 Å². The highest BCUT2D eigenvalue weighted by molar-refractivity contribution is 6.71. The molecular weight excluding hydrogens is 196 g/mol. The summed E-state index contributed by atoms with van der Waals surface area (Å²) in [6.07, 6.45) is 2.78. The van der Waals surface area contributed by atoms with Gasteiger partial charge in [0.2, 0.25) is 8.32 Å². The first-order chi connectivity index (χ1) is 6.41. The largest absolute Gasteiger partial charge is 0.463 e. The van der Waals surface area contributed by atoms with Crippen molar-refractivity contribution in [2.45, 2.75) is 39.5 Å². The summed E-state index contributed by atoms with van der Waals surface area (Å²) in [6, 6.07) is 0. The Morgan fingerprint density at radius 1 is 1.57 bits per heavy atom. The summed E-state index contributed by atoms with van der Waals surface area (Å²) >= 11 is 0. The Kier molecular flexibility index (Phi) is 5.72. The van der Waals surface area contributed by atoms with Gasteiger partial charge in [-0.3, -0.25) is 0 Å². The maximum Gasteiger partial charge on any atom is 0.329 e. The lowest BCUT2D eigenvalue weighted by molar-refractivity contribution is -0.136. The van der Waals surface area contributed by atoms with Crippen molar-refractivity contribution in [2.24, 2.45) is 0 Å². The van der Waals surface area contributed by atoms with Crippen molar-refractivity contribution in [3.05, 3.63) is 12.7 Å². The van der Waals surface area contributed by atoms with Crippen molar-refractivity contribution in [1.29, 1.82) is 0 Å². The van der Waals surface area contributed by atoms with Gasteiger partial charge in [0.25, 0.3) is 0 Å². The third kappa shape index (κ3) is 5.94. The van der Waals surface area contributed by atoms with Gasteiger partial charge in [-0.25, -0.2) is 4.79 Å². The first-order valence-electron chi connectivity index (χ1n) is 4.88. The van der Waals surface area contributed by atoms with E-state index in [9.17, 15) is 4.79 Å². The lowest BCUT2D eigenvalue weighted by Crippen LogP contribution is -2.40. The van der Waals surface area contributed by atoms with Crippen LogP contribution in [0.25, 0.3) is 0 Å². The predicted octanol–water partition coefficient (Wildman–Crippen LogP) is 2.28. The molecule has 3 nitrogen and oxygen atoms in total. The van der Waals surface area contributed by atoms with Crippen LogP contribution >= 0.6 is 0 Å². The average Bonchev–Trinajstić information content (AvgIpc) is 2.13. The standard InChI is InChI=1S/C10H20O3Si/c1-6-9(3)13-14(4,5)8-12-10(11)7-2/h7,9H,2,6,8H2,1,3-5H3. The van der Waals surface area contributed by atoms with Gasteiger partial charge in [-0.2, -0.15) is 0 Å². The molecule has 0 aliphatic heterocycles. The van der Waals surface area contributed by atoms with Crippen molar-refractivity contribution >= 4 is 14.3 Å². The van der Waals surface area contributed by atoms with Gasteiger partial charge in [-0.1, -0.05) is 13.5 Å². The second-order valence-electron chi connectivity index (χ2n) is 3.91. The van der Waals surface area contributed by atoms with Gasteiger partial charge in [0.05, 0.1) is 0 Å². The summed E-state index contributed by atoms with van der Waals surface area (Å²) in [6.45, 7) is 11.5. The lowest BCUT2D eigenvalue weighted by atomic mass is 10.3. The molecule has 1 atom stereocenters. The van der Waals surface area contributed by atoms with Crippen LogP contribution in [0.2, 0.25) is 13.1 Å². The molecule has 4 heteroatoms. The molecule has 0 rings (SSSR count). The quantitative estimate of drug-likeness (QED) is 0.388. The SMILES string of the molecule is C=CC(=O)OC[Si](C)(C)OC(C)CC. The molecule has 82 valence electrons. The molecule has 0 aromatic heterocycles. The highest BCUT2D eigenvalue weighted by Crippen LogP contribution is 2.10. The number of carbonyl (C=O) groups excluding carboxylic acids is 1. The van der Waals surface area contributed by atoms with Crippen LogP contribution in [0, 0.1) is 0 Å². The van der Waals surface area contributed by atoms with Crippen LogP contribution in [0.1, 0.15) is 20.3 Å². The van der Waals surface area contributed by atoms with Crippen molar-refractivity contribution < 1.29 is 14.0 Å². The summed E-state index contributed by atoms with van der Waals surface area (Å²) in [4.78, 5) is 10.8. The van der Waals surface area contributed by atoms with Gasteiger partial charge < -0.3 is 9.16 Å². The van der Waals surface area contributed by atoms with Gasteiger partial charge >= 0.3 is 5.97 Å². The number of esters is 1. The molecule has 0 bridgehead atoms. The fourth-order valence-corrected chi connectivity index (χ4v) is 2.78. The predicted molar refractivity (Wildman–Crippen MR) is 59.5 cm³/mol. The van der Waals surface area contributed by atoms with E-state index in [4.69, 9.17) is 9.16 Å². The number of rotatable bonds is 6. The minimum Gasteiger partial charge on any atom is -0.463 e. The Morgan fingerprint density at radius 3 is 2.57 bits per heavy atom. The first kappa shape index (κ1) is 13.4. The smallest absolute Gasteiger partial charge is 0.329 e. The molecule has 0 saturated carbocycles. The summed E-state index contributed by atoms with van der Waals surface area (Å²) in [7, 11) is -1.86. The molecule has 14 heavy (non-hydrogen) atoms. The topological polar surface area (TPSA) is 35.5 Å². The zero-order valence-corrected chi connectivity index (χ0v) is 10.5. The molecule has 0 radical (unpaired) electrons. The molecule has 0 aromatic rings. The van der Waals surface area contributed by atoms with E-state index >= 15 is 0 Å². The number of hydrogen-bond acceptors (Lipinski definition) is 3. The highest BCUT2D eigenvalue weighted by Gasteiger charge is 2.26. The normalized spacial score (nSPS) is 13.4. The molecule has 0 saturated heterocycles. The van der Waals surface area contributed by atoms with Gasteiger partial charge in [0.15, 0.2) is 0 Å². The van der Waals surface area contributed by atoms with E-state index in [1.165, 1.54) is 6.08 Å². The van der Waals surface area contributed by atoms with Crippen LogP contribution in [-0.4, -0.2) is 26.6 Å². The van der Waals surface area contributed by atoms with Crippen molar-refractivity contribution in [3.8, 4) is 0 Å².